The van der Waals surface area contributed by atoms with Crippen LogP contribution in [0.1, 0.15) is 67.0 Å². The molecule has 0 fully saturated rings. The van der Waals surface area contributed by atoms with Crippen molar-refractivity contribution in [3.63, 3.8) is 0 Å². The number of nitrogens with zero attached hydrogens (tertiary/aromatic N) is 2. The second-order valence-electron chi connectivity index (χ2n) is 7.58. The molecule has 0 bridgehead atoms. The van der Waals surface area contributed by atoms with Crippen molar-refractivity contribution in [1.29, 1.82) is 5.26 Å². The SMILES string of the molecule is CCc1cccc(C)c1NC(=O)CCSc1nc2c(cc1C#N)CCCCCC2. The van der Waals surface area contributed by atoms with Crippen LogP contribution in [-0.2, 0) is 24.1 Å². The largest absolute Gasteiger partial charge is 0.326 e. The van der Waals surface area contributed by atoms with E-state index in [-0.39, 0.29) is 5.91 Å². The zero-order chi connectivity index (χ0) is 20.6. The minimum absolute atomic E-state index is 0.00579. The van der Waals surface area contributed by atoms with E-state index in [4.69, 9.17) is 4.98 Å². The number of anilines is 1. The van der Waals surface area contributed by atoms with Gasteiger partial charge in [0.2, 0.25) is 5.91 Å². The summed E-state index contributed by atoms with van der Waals surface area (Å²) in [7, 11) is 0. The number of aryl methyl sites for hydroxylation is 4. The summed E-state index contributed by atoms with van der Waals surface area (Å²) < 4.78 is 0. The molecule has 0 radical (unpaired) electrons. The third-order valence-corrected chi connectivity index (χ3v) is 6.45. The van der Waals surface area contributed by atoms with Crippen LogP contribution in [0.15, 0.2) is 29.3 Å². The number of pyridine rings is 1. The number of aromatic nitrogens is 1. The van der Waals surface area contributed by atoms with Crippen LogP contribution in [0, 0.1) is 18.3 Å². The number of carbonyl (C=O) groups is 1. The number of nitriles is 1. The van der Waals surface area contributed by atoms with Crippen molar-refractivity contribution in [1.82, 2.24) is 4.98 Å². The van der Waals surface area contributed by atoms with Crippen LogP contribution in [0.5, 0.6) is 0 Å². The van der Waals surface area contributed by atoms with E-state index in [2.05, 4.69) is 24.4 Å². The highest BCUT2D eigenvalue weighted by atomic mass is 32.2. The standard InChI is InChI=1S/C24H29N3OS/c1-3-18-11-8-9-17(2)23(18)27-22(28)13-14-29-24-20(16-25)15-19-10-6-4-5-7-12-21(19)26-24/h8-9,11,15H,3-7,10,12-14H2,1-2H3,(H,27,28). The van der Waals surface area contributed by atoms with E-state index in [1.54, 1.807) is 0 Å². The highest BCUT2D eigenvalue weighted by Gasteiger charge is 2.15. The average molecular weight is 408 g/mol. The number of amides is 1. The lowest BCUT2D eigenvalue weighted by Gasteiger charge is -2.15. The van der Waals surface area contributed by atoms with Crippen LogP contribution in [0.3, 0.4) is 0 Å². The Labute approximate surface area is 178 Å². The lowest BCUT2D eigenvalue weighted by Crippen LogP contribution is -2.14. The number of fused-ring (bicyclic) bond motifs is 1. The molecule has 0 spiro atoms. The van der Waals surface area contributed by atoms with Crippen LogP contribution in [0.2, 0.25) is 0 Å². The summed E-state index contributed by atoms with van der Waals surface area (Å²) in [4.78, 5) is 17.3. The molecule has 1 amide bonds. The van der Waals surface area contributed by atoms with Crippen molar-refractivity contribution in [2.75, 3.05) is 11.1 Å². The quantitative estimate of drug-likeness (QED) is 0.633. The van der Waals surface area contributed by atoms with Crippen LogP contribution >= 0.6 is 11.8 Å². The second kappa shape index (κ2) is 10.5. The summed E-state index contributed by atoms with van der Waals surface area (Å²) in [5.41, 5.74) is 6.18. The van der Waals surface area contributed by atoms with Crippen molar-refractivity contribution in [3.05, 3.63) is 52.2 Å². The predicted octanol–water partition coefficient (Wildman–Crippen LogP) is 5.60. The van der Waals surface area contributed by atoms with E-state index in [1.807, 2.05) is 25.1 Å². The number of carbonyl (C=O) groups excluding carboxylic acids is 1. The Morgan fingerprint density at radius 1 is 1.24 bits per heavy atom. The van der Waals surface area contributed by atoms with Gasteiger partial charge >= 0.3 is 0 Å². The van der Waals surface area contributed by atoms with Gasteiger partial charge in [-0.25, -0.2) is 4.98 Å². The number of rotatable bonds is 6. The number of nitrogens with one attached hydrogen (secondary N) is 1. The minimum Gasteiger partial charge on any atom is -0.326 e. The normalized spacial score (nSPS) is 13.7. The first-order valence-corrected chi connectivity index (χ1v) is 11.5. The van der Waals surface area contributed by atoms with Crippen LogP contribution < -0.4 is 5.32 Å². The van der Waals surface area contributed by atoms with Gasteiger partial charge in [-0.15, -0.1) is 11.8 Å². The summed E-state index contributed by atoms with van der Waals surface area (Å²) in [6.07, 6.45) is 8.13. The molecule has 1 aromatic heterocycles. The van der Waals surface area contributed by atoms with E-state index >= 15 is 0 Å². The van der Waals surface area contributed by atoms with Gasteiger partial charge in [0.05, 0.1) is 5.56 Å². The molecule has 1 aliphatic rings. The van der Waals surface area contributed by atoms with E-state index < -0.39 is 0 Å². The zero-order valence-corrected chi connectivity index (χ0v) is 18.2. The average Bonchev–Trinajstić information content (AvgIpc) is 2.70. The number of thioether (sulfide) groups is 1. The Balaban J connectivity index is 1.63. The highest BCUT2D eigenvalue weighted by Crippen LogP contribution is 2.27. The summed E-state index contributed by atoms with van der Waals surface area (Å²) in [6.45, 7) is 4.11. The summed E-state index contributed by atoms with van der Waals surface area (Å²) >= 11 is 1.52. The molecule has 1 aromatic carbocycles. The third kappa shape index (κ3) is 5.61. The van der Waals surface area contributed by atoms with Gasteiger partial charge in [0.15, 0.2) is 0 Å². The molecule has 0 saturated heterocycles. The molecular formula is C24H29N3OS. The van der Waals surface area contributed by atoms with Crippen molar-refractivity contribution < 1.29 is 4.79 Å². The summed E-state index contributed by atoms with van der Waals surface area (Å²) in [6, 6.07) is 10.4. The molecule has 3 rings (SSSR count). The first-order valence-electron chi connectivity index (χ1n) is 10.6. The Morgan fingerprint density at radius 3 is 2.79 bits per heavy atom. The molecule has 5 heteroatoms. The van der Waals surface area contributed by atoms with Gasteiger partial charge < -0.3 is 5.32 Å². The first-order chi connectivity index (χ1) is 14.1. The monoisotopic (exact) mass is 407 g/mol. The lowest BCUT2D eigenvalue weighted by atomic mass is 9.96. The van der Waals surface area contributed by atoms with Crippen LogP contribution in [0.25, 0.3) is 0 Å². The molecule has 0 aliphatic heterocycles. The smallest absolute Gasteiger partial charge is 0.225 e. The Morgan fingerprint density at radius 2 is 2.03 bits per heavy atom. The van der Waals surface area contributed by atoms with Gasteiger partial charge in [0, 0.05) is 23.6 Å². The molecule has 0 saturated carbocycles. The van der Waals surface area contributed by atoms with Crippen LogP contribution in [0.4, 0.5) is 5.69 Å². The minimum atomic E-state index is 0.00579. The van der Waals surface area contributed by atoms with E-state index in [0.29, 0.717) is 17.7 Å². The molecule has 1 heterocycles. The third-order valence-electron chi connectivity index (χ3n) is 5.46. The Bertz CT molecular complexity index is 917. The predicted molar refractivity (Wildman–Crippen MR) is 119 cm³/mol. The van der Waals surface area contributed by atoms with Gasteiger partial charge in [-0.2, -0.15) is 5.26 Å². The van der Waals surface area contributed by atoms with Crippen LogP contribution in [-0.4, -0.2) is 16.6 Å². The van der Waals surface area contributed by atoms with Gasteiger partial charge in [-0.1, -0.05) is 38.0 Å². The van der Waals surface area contributed by atoms with Gasteiger partial charge in [0.1, 0.15) is 11.1 Å². The lowest BCUT2D eigenvalue weighted by molar-refractivity contribution is -0.115. The maximum absolute atomic E-state index is 12.5. The Kier molecular flexibility index (Phi) is 7.71. The molecule has 4 nitrogen and oxygen atoms in total. The van der Waals surface area contributed by atoms with Crippen molar-refractivity contribution >= 4 is 23.4 Å². The molecular weight excluding hydrogens is 378 g/mol. The number of hydrogen-bond acceptors (Lipinski definition) is 4. The van der Waals surface area contributed by atoms with Gasteiger partial charge in [-0.3, -0.25) is 4.79 Å². The summed E-state index contributed by atoms with van der Waals surface area (Å²) in [5.74, 6) is 0.617. The maximum Gasteiger partial charge on any atom is 0.225 e. The number of benzene rings is 1. The van der Waals surface area contributed by atoms with E-state index in [0.717, 1.165) is 53.2 Å². The molecule has 1 N–H and O–H groups in total. The maximum atomic E-state index is 12.5. The molecule has 2 aromatic rings. The zero-order valence-electron chi connectivity index (χ0n) is 17.4. The Hall–Kier alpha value is -2.32. The fourth-order valence-electron chi connectivity index (χ4n) is 3.80. The van der Waals surface area contributed by atoms with E-state index in [1.165, 1.54) is 36.6 Å². The molecule has 0 atom stereocenters. The highest BCUT2D eigenvalue weighted by molar-refractivity contribution is 7.99. The summed E-state index contributed by atoms with van der Waals surface area (Å²) in [5, 5.41) is 13.4. The fourth-order valence-corrected chi connectivity index (χ4v) is 4.72. The molecule has 29 heavy (non-hydrogen) atoms. The number of para-hydroxylation sites is 1. The van der Waals surface area contributed by atoms with E-state index in [9.17, 15) is 10.1 Å². The second-order valence-corrected chi connectivity index (χ2v) is 8.67. The molecule has 0 unspecified atom stereocenters. The van der Waals surface area contributed by atoms with Gasteiger partial charge in [-0.05, 0) is 61.8 Å². The van der Waals surface area contributed by atoms with Crippen molar-refractivity contribution in [2.24, 2.45) is 0 Å². The fraction of sp³-hybridized carbons (Fsp3) is 0.458. The molecule has 1 aliphatic carbocycles. The molecule has 152 valence electrons. The van der Waals surface area contributed by atoms with Crippen molar-refractivity contribution in [2.45, 2.75) is 70.2 Å². The van der Waals surface area contributed by atoms with Gasteiger partial charge in [0.25, 0.3) is 0 Å². The van der Waals surface area contributed by atoms with Crippen molar-refractivity contribution in [3.8, 4) is 6.07 Å². The first kappa shape index (κ1) is 21.4. The number of hydrogen-bond donors (Lipinski definition) is 1. The topological polar surface area (TPSA) is 65.8 Å².